The minimum absolute atomic E-state index is 0.00910. The molecule has 0 aliphatic carbocycles. The van der Waals surface area contributed by atoms with E-state index in [2.05, 4.69) is 0 Å². The number of halogens is 3. The lowest BCUT2D eigenvalue weighted by atomic mass is 9.97. The zero-order valence-corrected chi connectivity index (χ0v) is 9.21. The molecule has 0 aromatic heterocycles. The third-order valence-corrected chi connectivity index (χ3v) is 2.39. The van der Waals surface area contributed by atoms with Gasteiger partial charge < -0.3 is 9.84 Å². The lowest BCUT2D eigenvalue weighted by Gasteiger charge is -2.17. The topological polar surface area (TPSA) is 46.5 Å². The van der Waals surface area contributed by atoms with E-state index in [0.29, 0.717) is 0 Å². The molecule has 1 rings (SSSR count). The number of carboxylic acid groups (broad SMARTS) is 1. The number of aliphatic carboxylic acids is 1. The minimum Gasteiger partial charge on any atom is -0.496 e. The molecule has 0 fully saturated rings. The molecule has 1 N–H and O–H groups in total. The highest BCUT2D eigenvalue weighted by molar-refractivity contribution is 5.77. The summed E-state index contributed by atoms with van der Waals surface area (Å²) in [4.78, 5) is 10.8. The van der Waals surface area contributed by atoms with Gasteiger partial charge in [-0.25, -0.2) is 0 Å². The summed E-state index contributed by atoms with van der Waals surface area (Å²) >= 11 is 0. The normalized spacial score (nSPS) is 13.2. The molecule has 0 amide bonds. The molecule has 1 atom stereocenters. The maximum Gasteiger partial charge on any atom is 0.419 e. The summed E-state index contributed by atoms with van der Waals surface area (Å²) in [7, 11) is 1.09. The molecule has 0 saturated carbocycles. The Morgan fingerprint density at radius 1 is 1.41 bits per heavy atom. The highest BCUT2D eigenvalue weighted by Gasteiger charge is 2.36. The van der Waals surface area contributed by atoms with E-state index in [4.69, 9.17) is 9.84 Å². The van der Waals surface area contributed by atoms with E-state index in [1.165, 1.54) is 19.1 Å². The monoisotopic (exact) mass is 248 g/mol. The number of para-hydroxylation sites is 1. The predicted octanol–water partition coefficient (Wildman–Crippen LogP) is 2.90. The lowest BCUT2D eigenvalue weighted by Crippen LogP contribution is -2.13. The Morgan fingerprint density at radius 2 is 2.00 bits per heavy atom. The van der Waals surface area contributed by atoms with E-state index in [1.807, 2.05) is 0 Å². The molecule has 0 radical (unpaired) electrons. The van der Waals surface area contributed by atoms with Gasteiger partial charge in [-0.1, -0.05) is 12.1 Å². The number of ether oxygens (including phenoxy) is 1. The van der Waals surface area contributed by atoms with Crippen molar-refractivity contribution < 1.29 is 27.8 Å². The van der Waals surface area contributed by atoms with Gasteiger partial charge in [-0.15, -0.1) is 0 Å². The fourth-order valence-corrected chi connectivity index (χ4v) is 1.48. The fraction of sp³-hybridized carbons (Fsp3) is 0.364. The van der Waals surface area contributed by atoms with Crippen molar-refractivity contribution in [3.63, 3.8) is 0 Å². The molecule has 1 unspecified atom stereocenters. The van der Waals surface area contributed by atoms with E-state index < -0.39 is 29.4 Å². The molecule has 94 valence electrons. The third kappa shape index (κ3) is 2.69. The first-order valence-electron chi connectivity index (χ1n) is 4.76. The van der Waals surface area contributed by atoms with Crippen LogP contribution >= 0.6 is 0 Å². The van der Waals surface area contributed by atoms with Gasteiger partial charge in [0.2, 0.25) is 0 Å². The Kier molecular flexibility index (Phi) is 3.65. The zero-order chi connectivity index (χ0) is 13.2. The summed E-state index contributed by atoms with van der Waals surface area (Å²) < 4.78 is 42.6. The maximum absolute atomic E-state index is 12.7. The van der Waals surface area contributed by atoms with E-state index in [1.54, 1.807) is 0 Å². The number of alkyl halides is 3. The van der Waals surface area contributed by atoms with E-state index in [9.17, 15) is 18.0 Å². The van der Waals surface area contributed by atoms with Crippen LogP contribution < -0.4 is 4.74 Å². The third-order valence-electron chi connectivity index (χ3n) is 2.39. The number of hydrogen-bond acceptors (Lipinski definition) is 2. The Bertz CT molecular complexity index is 426. The van der Waals surface area contributed by atoms with Crippen LogP contribution in [0.2, 0.25) is 0 Å². The first-order chi connectivity index (χ1) is 7.79. The van der Waals surface area contributed by atoms with Crippen molar-refractivity contribution in [3.8, 4) is 5.75 Å². The number of carboxylic acids is 1. The van der Waals surface area contributed by atoms with Crippen LogP contribution in [0.15, 0.2) is 18.2 Å². The van der Waals surface area contributed by atoms with Crippen LogP contribution in [-0.2, 0) is 11.0 Å². The highest BCUT2D eigenvalue weighted by Crippen LogP contribution is 2.40. The maximum atomic E-state index is 12.7. The molecule has 6 heteroatoms. The number of methoxy groups -OCH3 is 1. The van der Waals surface area contributed by atoms with Gasteiger partial charge in [-0.05, 0) is 13.0 Å². The molecule has 0 aliphatic rings. The molecule has 0 saturated heterocycles. The van der Waals surface area contributed by atoms with Crippen LogP contribution in [0.5, 0.6) is 5.75 Å². The van der Waals surface area contributed by atoms with E-state index in [0.717, 1.165) is 13.2 Å². The predicted molar refractivity (Wildman–Crippen MR) is 54.0 cm³/mol. The average Bonchev–Trinajstić information content (AvgIpc) is 2.25. The van der Waals surface area contributed by atoms with Crippen LogP contribution in [0.1, 0.15) is 24.0 Å². The van der Waals surface area contributed by atoms with Crippen LogP contribution in [-0.4, -0.2) is 18.2 Å². The largest absolute Gasteiger partial charge is 0.496 e. The number of carbonyl (C=O) groups is 1. The zero-order valence-electron chi connectivity index (χ0n) is 9.21. The second-order valence-electron chi connectivity index (χ2n) is 3.49. The van der Waals surface area contributed by atoms with E-state index >= 15 is 0 Å². The van der Waals surface area contributed by atoms with Crippen LogP contribution in [0.4, 0.5) is 13.2 Å². The Labute approximate surface area is 95.8 Å². The summed E-state index contributed by atoms with van der Waals surface area (Å²) in [6.45, 7) is 1.31. The van der Waals surface area contributed by atoms with Crippen molar-refractivity contribution in [2.75, 3.05) is 7.11 Å². The quantitative estimate of drug-likeness (QED) is 0.894. The van der Waals surface area contributed by atoms with Gasteiger partial charge in [0.15, 0.2) is 0 Å². The van der Waals surface area contributed by atoms with Crippen molar-refractivity contribution in [1.82, 2.24) is 0 Å². The Morgan fingerprint density at radius 3 is 2.41 bits per heavy atom. The molecule has 0 spiro atoms. The minimum atomic E-state index is -4.57. The molecular weight excluding hydrogens is 237 g/mol. The molecule has 0 bridgehead atoms. The first kappa shape index (κ1) is 13.3. The van der Waals surface area contributed by atoms with Crippen molar-refractivity contribution in [3.05, 3.63) is 29.3 Å². The van der Waals surface area contributed by atoms with Crippen LogP contribution in [0.3, 0.4) is 0 Å². The average molecular weight is 248 g/mol. The molecule has 1 aromatic carbocycles. The summed E-state index contributed by atoms with van der Waals surface area (Å²) in [6.07, 6.45) is -4.57. The SMILES string of the molecule is COc1c(C(C)C(=O)O)cccc1C(F)(F)F. The molecule has 1 aromatic rings. The van der Waals surface area contributed by atoms with Gasteiger partial charge in [-0.2, -0.15) is 13.2 Å². The number of benzene rings is 1. The van der Waals surface area contributed by atoms with Crippen molar-refractivity contribution in [1.29, 1.82) is 0 Å². The van der Waals surface area contributed by atoms with Gasteiger partial charge in [0.05, 0.1) is 18.6 Å². The van der Waals surface area contributed by atoms with Crippen molar-refractivity contribution in [2.24, 2.45) is 0 Å². The molecule has 0 heterocycles. The Hall–Kier alpha value is -1.72. The fourth-order valence-electron chi connectivity index (χ4n) is 1.48. The van der Waals surface area contributed by atoms with Gasteiger partial charge in [0.1, 0.15) is 5.75 Å². The van der Waals surface area contributed by atoms with Crippen LogP contribution in [0, 0.1) is 0 Å². The molecule has 0 aliphatic heterocycles. The summed E-state index contributed by atoms with van der Waals surface area (Å²) in [5.74, 6) is -2.70. The second-order valence-corrected chi connectivity index (χ2v) is 3.49. The second kappa shape index (κ2) is 4.65. The number of hydrogen-bond donors (Lipinski definition) is 1. The molecule has 3 nitrogen and oxygen atoms in total. The Balaban J connectivity index is 3.39. The first-order valence-corrected chi connectivity index (χ1v) is 4.76. The smallest absolute Gasteiger partial charge is 0.419 e. The standard InChI is InChI=1S/C11H11F3O3/c1-6(10(15)16)7-4-3-5-8(9(7)17-2)11(12,13)14/h3-6H,1-2H3,(H,15,16). The highest BCUT2D eigenvalue weighted by atomic mass is 19.4. The van der Waals surface area contributed by atoms with Crippen molar-refractivity contribution >= 4 is 5.97 Å². The van der Waals surface area contributed by atoms with Gasteiger partial charge >= 0.3 is 12.1 Å². The van der Waals surface area contributed by atoms with E-state index in [-0.39, 0.29) is 5.56 Å². The van der Waals surface area contributed by atoms with Crippen LogP contribution in [0.25, 0.3) is 0 Å². The van der Waals surface area contributed by atoms with Gasteiger partial charge in [0, 0.05) is 5.56 Å². The summed E-state index contributed by atoms with van der Waals surface area (Å²) in [5.41, 5.74) is -0.958. The number of rotatable bonds is 3. The molecular formula is C11H11F3O3. The van der Waals surface area contributed by atoms with Gasteiger partial charge in [-0.3, -0.25) is 4.79 Å². The van der Waals surface area contributed by atoms with Gasteiger partial charge in [0.25, 0.3) is 0 Å². The molecule has 17 heavy (non-hydrogen) atoms. The summed E-state index contributed by atoms with van der Waals surface area (Å²) in [5, 5.41) is 8.81. The summed E-state index contributed by atoms with van der Waals surface area (Å²) in [6, 6.07) is 3.34. The van der Waals surface area contributed by atoms with Crippen molar-refractivity contribution in [2.45, 2.75) is 19.0 Å². The lowest BCUT2D eigenvalue weighted by molar-refractivity contribution is -0.140.